The van der Waals surface area contributed by atoms with E-state index in [9.17, 15) is 4.39 Å². The third-order valence-corrected chi connectivity index (χ3v) is 3.32. The van der Waals surface area contributed by atoms with Crippen molar-refractivity contribution in [3.63, 3.8) is 0 Å². The number of benzene rings is 1. The molecule has 0 aliphatic heterocycles. The Balaban J connectivity index is 2.10. The van der Waals surface area contributed by atoms with Gasteiger partial charge in [-0.2, -0.15) is 0 Å². The molecule has 102 valence electrons. The van der Waals surface area contributed by atoms with Gasteiger partial charge in [0, 0.05) is 12.6 Å². The minimum absolute atomic E-state index is 0.258. The maximum Gasteiger partial charge on any atom is 0.138 e. The lowest BCUT2D eigenvalue weighted by atomic mass is 10.1. The van der Waals surface area contributed by atoms with Crippen LogP contribution in [0.4, 0.5) is 4.39 Å². The van der Waals surface area contributed by atoms with Crippen LogP contribution in [0.5, 0.6) is 0 Å². The molecule has 0 saturated heterocycles. The second-order valence-corrected chi connectivity index (χ2v) is 5.02. The molecule has 1 aromatic rings. The van der Waals surface area contributed by atoms with Gasteiger partial charge in [0.2, 0.25) is 0 Å². The van der Waals surface area contributed by atoms with E-state index in [0.29, 0.717) is 5.56 Å². The summed E-state index contributed by atoms with van der Waals surface area (Å²) in [5.41, 5.74) is 6.91. The zero-order chi connectivity index (χ0) is 13.7. The third-order valence-electron chi connectivity index (χ3n) is 3.32. The molecule has 1 aromatic carbocycles. The molecule has 1 fully saturated rings. The van der Waals surface area contributed by atoms with Crippen LogP contribution in [0.15, 0.2) is 18.2 Å². The molecule has 0 unspecified atom stereocenters. The SMILES string of the molecule is CCCN(Cc1ccc(F)c(C#CCN)c1)C1CC1. The standard InChI is InChI=1S/C16H21FN2/c1-2-10-19(15-6-7-15)12-13-5-8-16(17)14(11-13)4-3-9-18/h5,8,11,15H,2,6-7,9-10,12,18H2,1H3. The third kappa shape index (κ3) is 4.05. The summed E-state index contributed by atoms with van der Waals surface area (Å²) in [5, 5.41) is 0. The highest BCUT2D eigenvalue weighted by atomic mass is 19.1. The van der Waals surface area contributed by atoms with Crippen LogP contribution in [0.3, 0.4) is 0 Å². The van der Waals surface area contributed by atoms with Gasteiger partial charge < -0.3 is 5.73 Å². The van der Waals surface area contributed by atoms with Gasteiger partial charge in [-0.1, -0.05) is 24.8 Å². The van der Waals surface area contributed by atoms with Gasteiger partial charge in [0.1, 0.15) is 5.82 Å². The quantitative estimate of drug-likeness (QED) is 0.824. The summed E-state index contributed by atoms with van der Waals surface area (Å²) in [6.45, 7) is 4.44. The van der Waals surface area contributed by atoms with Crippen molar-refractivity contribution in [2.45, 2.75) is 38.8 Å². The molecule has 1 aliphatic carbocycles. The normalized spacial score (nSPS) is 14.3. The van der Waals surface area contributed by atoms with Gasteiger partial charge in [-0.3, -0.25) is 4.90 Å². The molecule has 0 atom stereocenters. The van der Waals surface area contributed by atoms with Gasteiger partial charge in [-0.15, -0.1) is 0 Å². The lowest BCUT2D eigenvalue weighted by Gasteiger charge is -2.21. The lowest BCUT2D eigenvalue weighted by Crippen LogP contribution is -2.26. The first-order chi connectivity index (χ1) is 9.24. The second kappa shape index (κ2) is 6.70. The highest BCUT2D eigenvalue weighted by molar-refractivity contribution is 5.38. The first-order valence-electron chi connectivity index (χ1n) is 6.96. The predicted molar refractivity (Wildman–Crippen MR) is 76.1 cm³/mol. The van der Waals surface area contributed by atoms with E-state index >= 15 is 0 Å². The smallest absolute Gasteiger partial charge is 0.138 e. The van der Waals surface area contributed by atoms with Crippen molar-refractivity contribution < 1.29 is 4.39 Å². The lowest BCUT2D eigenvalue weighted by molar-refractivity contribution is 0.255. The molecule has 0 bridgehead atoms. The Bertz CT molecular complexity index is 483. The van der Waals surface area contributed by atoms with E-state index in [4.69, 9.17) is 5.73 Å². The monoisotopic (exact) mass is 260 g/mol. The maximum atomic E-state index is 13.6. The number of halogens is 1. The first-order valence-corrected chi connectivity index (χ1v) is 6.96. The molecular formula is C16H21FN2. The molecule has 2 N–H and O–H groups in total. The molecule has 0 spiro atoms. The van der Waals surface area contributed by atoms with E-state index < -0.39 is 0 Å². The maximum absolute atomic E-state index is 13.6. The highest BCUT2D eigenvalue weighted by Crippen LogP contribution is 2.28. The van der Waals surface area contributed by atoms with E-state index in [2.05, 4.69) is 23.7 Å². The second-order valence-electron chi connectivity index (χ2n) is 5.02. The van der Waals surface area contributed by atoms with Crippen molar-refractivity contribution in [1.29, 1.82) is 0 Å². The fraction of sp³-hybridized carbons (Fsp3) is 0.500. The zero-order valence-electron chi connectivity index (χ0n) is 11.5. The van der Waals surface area contributed by atoms with Gasteiger partial charge in [-0.25, -0.2) is 4.39 Å². The number of nitrogens with zero attached hydrogens (tertiary/aromatic N) is 1. The van der Waals surface area contributed by atoms with Crippen molar-refractivity contribution in [2.75, 3.05) is 13.1 Å². The Morgan fingerprint density at radius 2 is 2.21 bits per heavy atom. The first kappa shape index (κ1) is 14.0. The van der Waals surface area contributed by atoms with Crippen LogP contribution in [-0.2, 0) is 6.54 Å². The molecule has 1 saturated carbocycles. The largest absolute Gasteiger partial charge is 0.320 e. The molecular weight excluding hydrogens is 239 g/mol. The van der Waals surface area contributed by atoms with E-state index in [1.807, 2.05) is 12.1 Å². The molecule has 19 heavy (non-hydrogen) atoms. The molecule has 2 nitrogen and oxygen atoms in total. The van der Waals surface area contributed by atoms with Crippen LogP contribution >= 0.6 is 0 Å². The summed E-state index contributed by atoms with van der Waals surface area (Å²) in [6.07, 6.45) is 3.74. The molecule has 3 heteroatoms. The van der Waals surface area contributed by atoms with Gasteiger partial charge in [-0.05, 0) is 43.5 Å². The van der Waals surface area contributed by atoms with Gasteiger partial charge in [0.15, 0.2) is 0 Å². The molecule has 0 aromatic heterocycles. The predicted octanol–water partition coefficient (Wildman–Crippen LogP) is 2.51. The van der Waals surface area contributed by atoms with E-state index in [1.165, 1.54) is 18.9 Å². The van der Waals surface area contributed by atoms with Gasteiger partial charge >= 0.3 is 0 Å². The minimum atomic E-state index is -0.266. The van der Waals surface area contributed by atoms with Gasteiger partial charge in [0.05, 0.1) is 12.1 Å². The van der Waals surface area contributed by atoms with Crippen molar-refractivity contribution >= 4 is 0 Å². The van der Waals surface area contributed by atoms with Crippen LogP contribution < -0.4 is 5.73 Å². The molecule has 0 radical (unpaired) electrons. The average molecular weight is 260 g/mol. The fourth-order valence-electron chi connectivity index (χ4n) is 2.26. The minimum Gasteiger partial charge on any atom is -0.320 e. The summed E-state index contributed by atoms with van der Waals surface area (Å²) in [5.74, 6) is 5.24. The number of rotatable bonds is 5. The van der Waals surface area contributed by atoms with Crippen LogP contribution in [0.1, 0.15) is 37.3 Å². The van der Waals surface area contributed by atoms with E-state index in [1.54, 1.807) is 0 Å². The number of hydrogen-bond acceptors (Lipinski definition) is 2. The average Bonchev–Trinajstić information content (AvgIpc) is 3.23. The zero-order valence-corrected chi connectivity index (χ0v) is 11.5. The summed E-state index contributed by atoms with van der Waals surface area (Å²) < 4.78 is 13.6. The summed E-state index contributed by atoms with van der Waals surface area (Å²) >= 11 is 0. The summed E-state index contributed by atoms with van der Waals surface area (Å²) in [7, 11) is 0. The Morgan fingerprint density at radius 1 is 1.42 bits per heavy atom. The molecule has 1 aliphatic rings. The Kier molecular flexibility index (Phi) is 4.95. The fourth-order valence-corrected chi connectivity index (χ4v) is 2.26. The van der Waals surface area contributed by atoms with Gasteiger partial charge in [0.25, 0.3) is 0 Å². The molecule has 2 rings (SSSR count). The van der Waals surface area contributed by atoms with Crippen molar-refractivity contribution in [2.24, 2.45) is 5.73 Å². The van der Waals surface area contributed by atoms with Crippen molar-refractivity contribution in [1.82, 2.24) is 4.90 Å². The van der Waals surface area contributed by atoms with Crippen molar-refractivity contribution in [3.8, 4) is 11.8 Å². The highest BCUT2D eigenvalue weighted by Gasteiger charge is 2.28. The van der Waals surface area contributed by atoms with Crippen LogP contribution in [0, 0.1) is 17.7 Å². The number of nitrogens with two attached hydrogens (primary N) is 1. The number of hydrogen-bond donors (Lipinski definition) is 1. The topological polar surface area (TPSA) is 29.3 Å². The summed E-state index contributed by atoms with van der Waals surface area (Å²) in [4.78, 5) is 2.48. The molecule has 0 heterocycles. The Hall–Kier alpha value is -1.37. The Labute approximate surface area is 114 Å². The Morgan fingerprint density at radius 3 is 2.84 bits per heavy atom. The van der Waals surface area contributed by atoms with E-state index in [0.717, 1.165) is 31.1 Å². The van der Waals surface area contributed by atoms with Crippen LogP contribution in [0.25, 0.3) is 0 Å². The van der Waals surface area contributed by atoms with Crippen LogP contribution in [-0.4, -0.2) is 24.0 Å². The molecule has 0 amide bonds. The summed E-state index contributed by atoms with van der Waals surface area (Å²) in [6, 6.07) is 5.94. The van der Waals surface area contributed by atoms with E-state index in [-0.39, 0.29) is 12.4 Å². The van der Waals surface area contributed by atoms with Crippen molar-refractivity contribution in [3.05, 3.63) is 35.1 Å². The van der Waals surface area contributed by atoms with Crippen LogP contribution in [0.2, 0.25) is 0 Å².